The predicted molar refractivity (Wildman–Crippen MR) is 69.8 cm³/mol. The Hall–Kier alpha value is -2.17. The van der Waals surface area contributed by atoms with E-state index >= 15 is 0 Å². The van der Waals surface area contributed by atoms with Crippen LogP contribution in [0.3, 0.4) is 0 Å². The van der Waals surface area contributed by atoms with Gasteiger partial charge in [0.2, 0.25) is 0 Å². The zero-order valence-corrected chi connectivity index (χ0v) is 11.1. The van der Waals surface area contributed by atoms with Crippen molar-refractivity contribution >= 4 is 5.78 Å². The molecule has 0 aliphatic carbocycles. The normalized spacial score (nSPS) is 12.2. The highest BCUT2D eigenvalue weighted by Crippen LogP contribution is 2.39. The molecule has 0 amide bonds. The highest BCUT2D eigenvalue weighted by Gasteiger charge is 2.41. The number of hydrogen-bond donors (Lipinski definition) is 0. The van der Waals surface area contributed by atoms with Gasteiger partial charge in [0.1, 0.15) is 11.9 Å². The van der Waals surface area contributed by atoms with E-state index in [-0.39, 0.29) is 18.6 Å². The maximum absolute atomic E-state index is 11.1. The fraction of sp³-hybridized carbons (Fsp3) is 0.400. The lowest BCUT2D eigenvalue weighted by Gasteiger charge is -2.28. The summed E-state index contributed by atoms with van der Waals surface area (Å²) >= 11 is 0. The van der Waals surface area contributed by atoms with Gasteiger partial charge in [0.05, 0.1) is 12.1 Å². The van der Waals surface area contributed by atoms with E-state index in [0.29, 0.717) is 0 Å². The monoisotopic (exact) mass is 256 g/mol. The van der Waals surface area contributed by atoms with Crippen LogP contribution in [0.4, 0.5) is 0 Å². The Balaban J connectivity index is 3.13. The Morgan fingerprint density at radius 3 is 2.32 bits per heavy atom. The minimum absolute atomic E-state index is 0.0437. The number of carbonyl (C=O) groups is 1. The van der Waals surface area contributed by atoms with Gasteiger partial charge >= 0.3 is 0 Å². The van der Waals surface area contributed by atoms with Gasteiger partial charge in [-0.15, -0.1) is 0 Å². The molecule has 1 atom stereocenters. The zero-order chi connectivity index (χ0) is 14.3. The van der Waals surface area contributed by atoms with Crippen LogP contribution >= 0.6 is 0 Å². The smallest absolute Gasteiger partial charge is 0.174 e. The lowest BCUT2D eigenvalue weighted by molar-refractivity contribution is -0.117. The topological polar surface area (TPSA) is 73.9 Å². The van der Waals surface area contributed by atoms with Crippen LogP contribution < -0.4 is 0 Å². The summed E-state index contributed by atoms with van der Waals surface area (Å²) < 4.78 is 5.36. The van der Waals surface area contributed by atoms with E-state index in [9.17, 15) is 15.3 Å². The Kier molecular flexibility index (Phi) is 5.23. The van der Waals surface area contributed by atoms with Crippen LogP contribution in [0, 0.1) is 28.1 Å². The summed E-state index contributed by atoms with van der Waals surface area (Å²) in [5, 5.41) is 18.8. The summed E-state index contributed by atoms with van der Waals surface area (Å²) in [5.41, 5.74) is -0.585. The number of ketones is 1. The molecule has 4 nitrogen and oxygen atoms in total. The van der Waals surface area contributed by atoms with Gasteiger partial charge in [-0.1, -0.05) is 30.3 Å². The quantitative estimate of drug-likeness (QED) is 0.784. The first-order valence-corrected chi connectivity index (χ1v) is 5.99. The van der Waals surface area contributed by atoms with Gasteiger partial charge in [0.25, 0.3) is 0 Å². The molecule has 1 aromatic carbocycles. The van der Waals surface area contributed by atoms with Crippen molar-refractivity contribution in [2.75, 3.05) is 7.11 Å². The molecule has 1 aromatic rings. The van der Waals surface area contributed by atoms with Crippen molar-refractivity contribution in [3.8, 4) is 12.1 Å². The Morgan fingerprint density at radius 2 is 1.89 bits per heavy atom. The van der Waals surface area contributed by atoms with E-state index in [2.05, 4.69) is 0 Å². The maximum atomic E-state index is 11.1. The van der Waals surface area contributed by atoms with Crippen molar-refractivity contribution < 1.29 is 9.53 Å². The van der Waals surface area contributed by atoms with E-state index in [1.54, 1.807) is 0 Å². The number of rotatable bonds is 6. The third-order valence-electron chi connectivity index (χ3n) is 3.06. The average Bonchev–Trinajstić information content (AvgIpc) is 2.44. The number of carbonyl (C=O) groups excluding carboxylic acids is 1. The minimum Gasteiger partial charge on any atom is -0.374 e. The number of nitrogens with zero attached hydrogens (tertiary/aromatic N) is 2. The van der Waals surface area contributed by atoms with Crippen molar-refractivity contribution in [3.05, 3.63) is 35.9 Å². The maximum Gasteiger partial charge on any atom is 0.174 e. The van der Waals surface area contributed by atoms with Crippen LogP contribution in [0.15, 0.2) is 30.3 Å². The molecule has 0 aliphatic heterocycles. The van der Waals surface area contributed by atoms with Crippen molar-refractivity contribution in [1.82, 2.24) is 0 Å². The number of methoxy groups -OCH3 is 1. The number of ether oxygens (including phenoxy) is 1. The molecule has 0 heterocycles. The molecule has 1 rings (SSSR count). The lowest BCUT2D eigenvalue weighted by atomic mass is 9.77. The molecular formula is C15H16N2O2. The second kappa shape index (κ2) is 6.68. The number of benzene rings is 1. The fourth-order valence-electron chi connectivity index (χ4n) is 2.01. The predicted octanol–water partition coefficient (Wildman–Crippen LogP) is 2.78. The molecule has 4 heteroatoms. The molecule has 0 saturated heterocycles. The first-order chi connectivity index (χ1) is 9.09. The largest absolute Gasteiger partial charge is 0.374 e. The minimum atomic E-state index is -1.35. The van der Waals surface area contributed by atoms with Crippen LogP contribution in [0.5, 0.6) is 0 Å². The molecule has 0 fully saturated rings. The number of Topliss-reactive ketones (excluding diaryl/α,β-unsaturated/α-hetero) is 1. The molecule has 0 aliphatic rings. The van der Waals surface area contributed by atoms with Crippen molar-refractivity contribution in [1.29, 1.82) is 10.5 Å². The third-order valence-corrected chi connectivity index (χ3v) is 3.06. The first kappa shape index (κ1) is 14.9. The molecule has 0 bridgehead atoms. The van der Waals surface area contributed by atoms with Gasteiger partial charge in [-0.3, -0.25) is 0 Å². The van der Waals surface area contributed by atoms with Crippen LogP contribution in [-0.2, 0) is 9.53 Å². The highest BCUT2D eigenvalue weighted by atomic mass is 16.5. The van der Waals surface area contributed by atoms with E-state index in [1.165, 1.54) is 14.0 Å². The SMILES string of the molecule is COC(c1ccccc1)C(C#N)(C#N)CCC(C)=O. The summed E-state index contributed by atoms with van der Waals surface area (Å²) in [6, 6.07) is 13.2. The number of hydrogen-bond acceptors (Lipinski definition) is 4. The van der Waals surface area contributed by atoms with E-state index in [0.717, 1.165) is 5.56 Å². The molecule has 0 aromatic heterocycles. The van der Waals surface area contributed by atoms with E-state index in [4.69, 9.17) is 4.74 Å². The van der Waals surface area contributed by atoms with E-state index in [1.807, 2.05) is 42.5 Å². The second-order valence-corrected chi connectivity index (χ2v) is 4.42. The first-order valence-electron chi connectivity index (χ1n) is 5.99. The second-order valence-electron chi connectivity index (χ2n) is 4.42. The third kappa shape index (κ3) is 3.40. The average molecular weight is 256 g/mol. The Bertz CT molecular complexity index is 497. The van der Waals surface area contributed by atoms with E-state index < -0.39 is 11.5 Å². The number of nitriles is 2. The highest BCUT2D eigenvalue weighted by molar-refractivity contribution is 5.75. The summed E-state index contributed by atoms with van der Waals surface area (Å²) in [7, 11) is 1.47. The van der Waals surface area contributed by atoms with Crippen molar-refractivity contribution in [2.24, 2.45) is 5.41 Å². The van der Waals surface area contributed by atoms with Gasteiger partial charge in [-0.05, 0) is 18.9 Å². The molecule has 98 valence electrons. The van der Waals surface area contributed by atoms with Gasteiger partial charge in [0, 0.05) is 13.5 Å². The van der Waals surface area contributed by atoms with Crippen LogP contribution in [-0.4, -0.2) is 12.9 Å². The van der Waals surface area contributed by atoms with Crippen LogP contribution in [0.1, 0.15) is 31.4 Å². The summed E-state index contributed by atoms with van der Waals surface area (Å²) in [5.74, 6) is -0.0437. The van der Waals surface area contributed by atoms with Gasteiger partial charge in [-0.25, -0.2) is 0 Å². The Morgan fingerprint density at radius 1 is 1.32 bits per heavy atom. The van der Waals surface area contributed by atoms with Gasteiger partial charge in [0.15, 0.2) is 5.41 Å². The molecule has 19 heavy (non-hydrogen) atoms. The molecule has 0 N–H and O–H groups in total. The van der Waals surface area contributed by atoms with Gasteiger partial charge < -0.3 is 9.53 Å². The van der Waals surface area contributed by atoms with Crippen LogP contribution in [0.25, 0.3) is 0 Å². The van der Waals surface area contributed by atoms with Crippen LogP contribution in [0.2, 0.25) is 0 Å². The summed E-state index contributed by atoms with van der Waals surface area (Å²) in [6.45, 7) is 1.45. The fourth-order valence-corrected chi connectivity index (χ4v) is 2.01. The van der Waals surface area contributed by atoms with Crippen molar-refractivity contribution in [2.45, 2.75) is 25.9 Å². The van der Waals surface area contributed by atoms with Crippen molar-refractivity contribution in [3.63, 3.8) is 0 Å². The lowest BCUT2D eigenvalue weighted by Crippen LogP contribution is -2.28. The summed E-state index contributed by atoms with van der Waals surface area (Å²) in [6.07, 6.45) is -0.306. The molecular weight excluding hydrogens is 240 g/mol. The zero-order valence-electron chi connectivity index (χ0n) is 11.1. The summed E-state index contributed by atoms with van der Waals surface area (Å²) in [4.78, 5) is 11.1. The standard InChI is InChI=1S/C15H16N2O2/c1-12(18)8-9-15(10-16,11-17)14(19-2)13-6-4-3-5-7-13/h3-7,14H,8-9H2,1-2H3. The molecule has 0 spiro atoms. The van der Waals surface area contributed by atoms with Gasteiger partial charge in [-0.2, -0.15) is 10.5 Å². The molecule has 0 radical (unpaired) electrons. The Labute approximate surface area is 113 Å². The molecule has 1 unspecified atom stereocenters. The molecule has 0 saturated carbocycles.